The summed E-state index contributed by atoms with van der Waals surface area (Å²) in [6.07, 6.45) is 1.60. The van der Waals surface area contributed by atoms with Crippen LogP contribution in [0.2, 0.25) is 5.02 Å². The number of nitrogens with one attached hydrogen (secondary N) is 1. The van der Waals surface area contributed by atoms with Crippen LogP contribution in [-0.4, -0.2) is 44.8 Å². The molecule has 0 bridgehead atoms. The third-order valence-electron chi connectivity index (χ3n) is 5.31. The average molecular weight is 490 g/mol. The van der Waals surface area contributed by atoms with E-state index in [1.165, 1.54) is 0 Å². The normalized spacial score (nSPS) is 12.6. The fourth-order valence-corrected chi connectivity index (χ4v) is 3.94. The Morgan fingerprint density at radius 3 is 2.74 bits per heavy atom. The number of fused-ring (bicyclic) bond motifs is 1. The number of benzene rings is 2. The van der Waals surface area contributed by atoms with Crippen molar-refractivity contribution in [2.45, 2.75) is 13.5 Å². The van der Waals surface area contributed by atoms with Crippen molar-refractivity contribution in [3.63, 3.8) is 0 Å². The standard InChI is InChI=1S/C25H20ClN5O4/c1-2-34-21-13-16(12-17(26)22(21)35-25(33)15-6-4-3-5-7-15)23-27-9-8-18(29-23)19-14-20-24(32)28-10-11-31(20)30-19/h3-9,12-14H,2,10-11H2,1H3,(H,28,32). The van der Waals surface area contributed by atoms with E-state index in [1.54, 1.807) is 59.4 Å². The summed E-state index contributed by atoms with van der Waals surface area (Å²) in [7, 11) is 0. The molecule has 10 heteroatoms. The lowest BCUT2D eigenvalue weighted by atomic mass is 10.1. The second kappa shape index (κ2) is 9.55. The third kappa shape index (κ3) is 4.58. The summed E-state index contributed by atoms with van der Waals surface area (Å²) in [5.41, 5.74) is 2.56. The molecule has 176 valence electrons. The molecule has 0 atom stereocenters. The molecule has 2 aromatic heterocycles. The van der Waals surface area contributed by atoms with Gasteiger partial charge in [-0.2, -0.15) is 5.10 Å². The number of amides is 1. The average Bonchev–Trinajstić information content (AvgIpc) is 3.32. The first kappa shape index (κ1) is 22.5. The molecule has 0 unspecified atom stereocenters. The maximum absolute atomic E-state index is 12.6. The van der Waals surface area contributed by atoms with Crippen LogP contribution in [0.25, 0.3) is 22.8 Å². The van der Waals surface area contributed by atoms with E-state index in [-0.39, 0.29) is 16.7 Å². The van der Waals surface area contributed by atoms with Crippen LogP contribution in [0.3, 0.4) is 0 Å². The van der Waals surface area contributed by atoms with Gasteiger partial charge >= 0.3 is 5.97 Å². The highest BCUT2D eigenvalue weighted by atomic mass is 35.5. The molecule has 0 fully saturated rings. The quantitative estimate of drug-likeness (QED) is 0.322. The van der Waals surface area contributed by atoms with Gasteiger partial charge in [0.2, 0.25) is 0 Å². The first-order valence-electron chi connectivity index (χ1n) is 11.0. The number of halogens is 1. The predicted molar refractivity (Wildman–Crippen MR) is 129 cm³/mol. The highest BCUT2D eigenvalue weighted by molar-refractivity contribution is 6.32. The van der Waals surface area contributed by atoms with Crippen molar-refractivity contribution in [1.82, 2.24) is 25.1 Å². The van der Waals surface area contributed by atoms with E-state index in [2.05, 4.69) is 20.4 Å². The van der Waals surface area contributed by atoms with Gasteiger partial charge in [0, 0.05) is 18.3 Å². The van der Waals surface area contributed by atoms with Gasteiger partial charge in [-0.05, 0) is 43.3 Å². The molecule has 1 aliphatic heterocycles. The molecular formula is C25H20ClN5O4. The zero-order valence-electron chi connectivity index (χ0n) is 18.7. The second-order valence-corrected chi connectivity index (χ2v) is 8.04. The predicted octanol–water partition coefficient (Wildman–Crippen LogP) is 4.02. The summed E-state index contributed by atoms with van der Waals surface area (Å²) in [4.78, 5) is 33.7. The van der Waals surface area contributed by atoms with Crippen LogP contribution in [0.15, 0.2) is 60.8 Å². The highest BCUT2D eigenvalue weighted by Gasteiger charge is 2.22. The molecule has 35 heavy (non-hydrogen) atoms. The molecule has 1 amide bonds. The number of rotatable bonds is 6. The lowest BCUT2D eigenvalue weighted by Crippen LogP contribution is -2.35. The van der Waals surface area contributed by atoms with Crippen LogP contribution in [0.4, 0.5) is 0 Å². The number of hydrogen-bond donors (Lipinski definition) is 1. The van der Waals surface area contributed by atoms with Crippen molar-refractivity contribution < 1.29 is 19.1 Å². The molecule has 0 radical (unpaired) electrons. The molecule has 4 aromatic rings. The van der Waals surface area contributed by atoms with E-state index in [0.717, 1.165) is 0 Å². The molecule has 0 saturated heterocycles. The Morgan fingerprint density at radius 1 is 1.14 bits per heavy atom. The summed E-state index contributed by atoms with van der Waals surface area (Å²) in [6.45, 7) is 3.27. The number of carbonyl (C=O) groups excluding carboxylic acids is 2. The van der Waals surface area contributed by atoms with Crippen molar-refractivity contribution in [3.05, 3.63) is 77.1 Å². The molecule has 0 aliphatic carbocycles. The summed E-state index contributed by atoms with van der Waals surface area (Å²) >= 11 is 6.52. The Kier molecular flexibility index (Phi) is 6.15. The van der Waals surface area contributed by atoms with E-state index in [0.29, 0.717) is 59.5 Å². The van der Waals surface area contributed by atoms with Crippen molar-refractivity contribution in [2.24, 2.45) is 0 Å². The van der Waals surface area contributed by atoms with Crippen LogP contribution < -0.4 is 14.8 Å². The molecule has 3 heterocycles. The summed E-state index contributed by atoms with van der Waals surface area (Å²) in [5.74, 6) is 0.0736. The third-order valence-corrected chi connectivity index (χ3v) is 5.59. The minimum Gasteiger partial charge on any atom is -0.490 e. The Balaban J connectivity index is 1.49. The smallest absolute Gasteiger partial charge is 0.343 e. The van der Waals surface area contributed by atoms with Crippen LogP contribution >= 0.6 is 11.6 Å². The van der Waals surface area contributed by atoms with Gasteiger partial charge in [-0.25, -0.2) is 14.8 Å². The van der Waals surface area contributed by atoms with Gasteiger partial charge in [-0.1, -0.05) is 29.8 Å². The Labute approximate surface area is 205 Å². The molecular weight excluding hydrogens is 470 g/mol. The van der Waals surface area contributed by atoms with Crippen molar-refractivity contribution in [3.8, 4) is 34.3 Å². The first-order chi connectivity index (χ1) is 17.0. The first-order valence-corrected chi connectivity index (χ1v) is 11.3. The van der Waals surface area contributed by atoms with Crippen LogP contribution in [0.1, 0.15) is 27.8 Å². The fourth-order valence-electron chi connectivity index (χ4n) is 3.69. The Morgan fingerprint density at radius 2 is 1.97 bits per heavy atom. The monoisotopic (exact) mass is 489 g/mol. The highest BCUT2D eigenvalue weighted by Crippen LogP contribution is 2.39. The number of carbonyl (C=O) groups is 2. The molecule has 0 saturated carbocycles. The lowest BCUT2D eigenvalue weighted by Gasteiger charge is -2.14. The van der Waals surface area contributed by atoms with E-state index in [9.17, 15) is 9.59 Å². The molecule has 0 spiro atoms. The van der Waals surface area contributed by atoms with Gasteiger partial charge in [-0.3, -0.25) is 9.48 Å². The molecule has 1 aliphatic rings. The second-order valence-electron chi connectivity index (χ2n) is 7.63. The topological polar surface area (TPSA) is 108 Å². The molecule has 5 rings (SSSR count). The zero-order valence-corrected chi connectivity index (χ0v) is 19.5. The van der Waals surface area contributed by atoms with E-state index in [4.69, 9.17) is 21.1 Å². The number of ether oxygens (including phenoxy) is 2. The van der Waals surface area contributed by atoms with Crippen LogP contribution in [0.5, 0.6) is 11.5 Å². The fraction of sp³-hybridized carbons (Fsp3) is 0.160. The van der Waals surface area contributed by atoms with Crippen molar-refractivity contribution in [1.29, 1.82) is 0 Å². The van der Waals surface area contributed by atoms with E-state index < -0.39 is 5.97 Å². The van der Waals surface area contributed by atoms with Gasteiger partial charge < -0.3 is 14.8 Å². The minimum atomic E-state index is -0.549. The lowest BCUT2D eigenvalue weighted by molar-refractivity contribution is 0.0728. The number of esters is 1. The van der Waals surface area contributed by atoms with Crippen molar-refractivity contribution >= 4 is 23.5 Å². The number of aromatic nitrogens is 4. The maximum atomic E-state index is 12.6. The molecule has 1 N–H and O–H groups in total. The van der Waals surface area contributed by atoms with Gasteiger partial charge in [-0.15, -0.1) is 0 Å². The van der Waals surface area contributed by atoms with E-state index >= 15 is 0 Å². The van der Waals surface area contributed by atoms with Gasteiger partial charge in [0.05, 0.1) is 29.4 Å². The summed E-state index contributed by atoms with van der Waals surface area (Å²) in [6, 6.07) is 15.3. The summed E-state index contributed by atoms with van der Waals surface area (Å²) < 4.78 is 13.0. The van der Waals surface area contributed by atoms with Gasteiger partial charge in [0.25, 0.3) is 5.91 Å². The van der Waals surface area contributed by atoms with Crippen LogP contribution in [0, 0.1) is 0 Å². The maximum Gasteiger partial charge on any atom is 0.343 e. The SMILES string of the molecule is CCOc1cc(-c2nccc(-c3cc4n(n3)CCNC4=O)n2)cc(Cl)c1OC(=O)c1ccccc1. The zero-order chi connectivity index (χ0) is 24.4. The van der Waals surface area contributed by atoms with E-state index in [1.807, 2.05) is 13.0 Å². The van der Waals surface area contributed by atoms with Gasteiger partial charge in [0.15, 0.2) is 17.3 Å². The Hall–Kier alpha value is -4.24. The molecule has 2 aromatic carbocycles. The largest absolute Gasteiger partial charge is 0.490 e. The van der Waals surface area contributed by atoms with Crippen LogP contribution in [-0.2, 0) is 6.54 Å². The molecule has 9 nitrogen and oxygen atoms in total. The number of nitrogens with zero attached hydrogens (tertiary/aromatic N) is 4. The summed E-state index contributed by atoms with van der Waals surface area (Å²) in [5, 5.41) is 7.48. The van der Waals surface area contributed by atoms with Gasteiger partial charge in [0.1, 0.15) is 11.4 Å². The Bertz CT molecular complexity index is 1420. The minimum absolute atomic E-state index is 0.120. The van der Waals surface area contributed by atoms with Crippen molar-refractivity contribution in [2.75, 3.05) is 13.2 Å². The number of hydrogen-bond acceptors (Lipinski definition) is 7.